The fraction of sp³-hybridized carbons (Fsp3) is 0. The van der Waals surface area contributed by atoms with Crippen LogP contribution in [0.25, 0.3) is 16.4 Å². The minimum Gasteiger partial charge on any atom is -1.00 e. The third-order valence-corrected chi connectivity index (χ3v) is 2.96. The minimum absolute atomic E-state index is 0. The molecule has 0 amide bonds. The largest absolute Gasteiger partial charge is 1.00 e. The quantitative estimate of drug-likeness (QED) is 0.443. The molecule has 2 heterocycles. The molecule has 2 N–H and O–H groups in total. The molecule has 0 aliphatic rings. The Morgan fingerprint density at radius 3 is 2.71 bits per heavy atom. The van der Waals surface area contributed by atoms with E-state index in [1.54, 1.807) is 0 Å². The Morgan fingerprint density at radius 1 is 1.06 bits per heavy atom. The van der Waals surface area contributed by atoms with E-state index in [2.05, 4.69) is 4.40 Å². The second-order valence-electron chi connectivity index (χ2n) is 3.76. The first-order valence-corrected chi connectivity index (χ1v) is 5.42. The normalized spacial score (nSPS) is 10.4. The monoisotopic (exact) mass is 264 g/mol. The Morgan fingerprint density at radius 2 is 1.88 bits per heavy atom. The van der Waals surface area contributed by atoms with Gasteiger partial charge in [0.1, 0.15) is 0 Å². The van der Waals surface area contributed by atoms with Gasteiger partial charge in [-0.3, -0.25) is 0 Å². The lowest BCUT2D eigenvalue weighted by atomic mass is 10.1. The Hall–Kier alpha value is -1.51. The summed E-state index contributed by atoms with van der Waals surface area (Å²) >= 11 is 6.02. The summed E-state index contributed by atoms with van der Waals surface area (Å²) in [5, 5.41) is 1.74. The number of aromatic nitrogens is 1. The lowest BCUT2D eigenvalue weighted by Gasteiger charge is -2.01. The van der Waals surface area contributed by atoms with Gasteiger partial charge in [-0.15, -0.1) is 0 Å². The molecule has 0 saturated carbocycles. The van der Waals surface area contributed by atoms with Crippen LogP contribution in [0.5, 0.6) is 0 Å². The molecular weight excluding hydrogens is 255 g/mol. The second kappa shape index (κ2) is 4.40. The fourth-order valence-corrected chi connectivity index (χ4v) is 2.14. The molecule has 3 aromatic rings. The maximum Gasteiger partial charge on any atom is 0.221 e. The topological polar surface area (TPSA) is 30.1 Å². The highest BCUT2D eigenvalue weighted by molar-refractivity contribution is 6.31. The number of fused-ring (bicyclic) bond motifs is 3. The number of rotatable bonds is 0. The van der Waals surface area contributed by atoms with E-state index >= 15 is 0 Å². The molecule has 4 heteroatoms. The summed E-state index contributed by atoms with van der Waals surface area (Å²) in [6, 6.07) is 13.7. The SMILES string of the molecule is Nc1cc2cccc[n+]2c2cc(Cl)ccc12.[Cl-]. The van der Waals surface area contributed by atoms with Crippen molar-refractivity contribution >= 4 is 33.7 Å². The van der Waals surface area contributed by atoms with Gasteiger partial charge in [-0.1, -0.05) is 11.6 Å². The number of benzene rings is 1. The smallest absolute Gasteiger partial charge is 0.221 e. The number of nitrogen functional groups attached to an aromatic ring is 1. The van der Waals surface area contributed by atoms with Gasteiger partial charge in [-0.2, -0.15) is 4.40 Å². The number of anilines is 1. The molecule has 0 unspecified atom stereocenters. The Labute approximate surface area is 110 Å². The highest BCUT2D eigenvalue weighted by atomic mass is 35.5. The van der Waals surface area contributed by atoms with E-state index in [0.29, 0.717) is 0 Å². The Balaban J connectivity index is 0.00000108. The lowest BCUT2D eigenvalue weighted by Crippen LogP contribution is -3.00. The maximum absolute atomic E-state index is 6.02. The van der Waals surface area contributed by atoms with Crippen molar-refractivity contribution in [3.63, 3.8) is 0 Å². The van der Waals surface area contributed by atoms with Crippen LogP contribution in [0.1, 0.15) is 0 Å². The van der Waals surface area contributed by atoms with Crippen molar-refractivity contribution in [3.8, 4) is 0 Å². The number of hydrogen-bond acceptors (Lipinski definition) is 1. The Kier molecular flexibility index (Phi) is 3.09. The van der Waals surface area contributed by atoms with E-state index in [1.165, 1.54) is 0 Å². The first-order chi connectivity index (χ1) is 7.75. The van der Waals surface area contributed by atoms with Gasteiger partial charge in [0.2, 0.25) is 11.0 Å². The van der Waals surface area contributed by atoms with Gasteiger partial charge < -0.3 is 18.1 Å². The van der Waals surface area contributed by atoms with Crippen molar-refractivity contribution in [2.45, 2.75) is 0 Å². The van der Waals surface area contributed by atoms with Crippen molar-refractivity contribution in [2.24, 2.45) is 0 Å². The van der Waals surface area contributed by atoms with Gasteiger partial charge in [0, 0.05) is 29.3 Å². The third-order valence-electron chi connectivity index (χ3n) is 2.73. The Bertz CT molecular complexity index is 695. The number of pyridine rings is 2. The van der Waals surface area contributed by atoms with Crippen LogP contribution in [-0.2, 0) is 0 Å². The molecule has 0 aliphatic carbocycles. The molecule has 1 aromatic carbocycles. The highest BCUT2D eigenvalue weighted by Crippen LogP contribution is 2.22. The van der Waals surface area contributed by atoms with Crippen LogP contribution in [0.15, 0.2) is 48.7 Å². The van der Waals surface area contributed by atoms with Crippen molar-refractivity contribution in [3.05, 3.63) is 53.7 Å². The molecule has 0 radical (unpaired) electrons. The van der Waals surface area contributed by atoms with Crippen molar-refractivity contribution in [1.82, 2.24) is 0 Å². The van der Waals surface area contributed by atoms with Gasteiger partial charge in [0.25, 0.3) is 0 Å². The summed E-state index contributed by atoms with van der Waals surface area (Å²) in [4.78, 5) is 0. The van der Waals surface area contributed by atoms with Crippen LogP contribution in [0.3, 0.4) is 0 Å². The fourth-order valence-electron chi connectivity index (χ4n) is 1.98. The molecule has 17 heavy (non-hydrogen) atoms. The van der Waals surface area contributed by atoms with E-state index in [-0.39, 0.29) is 12.4 Å². The van der Waals surface area contributed by atoms with Crippen LogP contribution in [0.2, 0.25) is 5.02 Å². The zero-order chi connectivity index (χ0) is 11.1. The highest BCUT2D eigenvalue weighted by Gasteiger charge is 2.11. The first-order valence-electron chi connectivity index (χ1n) is 5.04. The summed E-state index contributed by atoms with van der Waals surface area (Å²) in [5.74, 6) is 0. The summed E-state index contributed by atoms with van der Waals surface area (Å²) < 4.78 is 2.08. The second-order valence-corrected chi connectivity index (χ2v) is 4.19. The number of hydrogen-bond donors (Lipinski definition) is 1. The lowest BCUT2D eigenvalue weighted by molar-refractivity contribution is -0.481. The van der Waals surface area contributed by atoms with Gasteiger partial charge in [0.05, 0.1) is 11.1 Å². The van der Waals surface area contributed by atoms with E-state index < -0.39 is 0 Å². The van der Waals surface area contributed by atoms with E-state index in [1.807, 2.05) is 48.7 Å². The molecule has 0 fully saturated rings. The van der Waals surface area contributed by atoms with E-state index in [0.717, 1.165) is 27.1 Å². The average Bonchev–Trinajstić information content (AvgIpc) is 2.29. The van der Waals surface area contributed by atoms with E-state index in [4.69, 9.17) is 17.3 Å². The van der Waals surface area contributed by atoms with Crippen LogP contribution in [0, 0.1) is 0 Å². The van der Waals surface area contributed by atoms with Gasteiger partial charge in [-0.05, 0) is 18.2 Å². The van der Waals surface area contributed by atoms with Gasteiger partial charge in [-0.25, -0.2) is 0 Å². The zero-order valence-electron chi connectivity index (χ0n) is 8.90. The predicted molar refractivity (Wildman–Crippen MR) is 66.5 cm³/mol. The molecule has 2 aromatic heterocycles. The minimum atomic E-state index is 0. The first kappa shape index (κ1) is 12.0. The number of nitrogens with zero attached hydrogens (tertiary/aromatic N) is 1. The molecule has 3 rings (SSSR count). The van der Waals surface area contributed by atoms with Crippen molar-refractivity contribution in [2.75, 3.05) is 5.73 Å². The molecule has 0 spiro atoms. The number of nitrogens with two attached hydrogens (primary N) is 1. The third kappa shape index (κ3) is 1.90. The van der Waals surface area contributed by atoms with Crippen molar-refractivity contribution in [1.29, 1.82) is 0 Å². The van der Waals surface area contributed by atoms with Gasteiger partial charge >= 0.3 is 0 Å². The zero-order valence-corrected chi connectivity index (χ0v) is 10.4. The summed E-state index contributed by atoms with van der Waals surface area (Å²) in [7, 11) is 0. The van der Waals surface area contributed by atoms with Crippen molar-refractivity contribution < 1.29 is 16.8 Å². The molecule has 86 valence electrons. The standard InChI is InChI=1S/C13H9ClN2.ClH/c14-9-4-5-11-12(15)8-10-3-1-2-6-16(10)13(11)7-9;/h1-8,15H;1H. The summed E-state index contributed by atoms with van der Waals surface area (Å²) in [6.45, 7) is 0. The molecular formula is C13H10Cl2N2. The van der Waals surface area contributed by atoms with Crippen LogP contribution < -0.4 is 22.5 Å². The summed E-state index contributed by atoms with van der Waals surface area (Å²) in [5.41, 5.74) is 8.89. The molecule has 0 atom stereocenters. The van der Waals surface area contributed by atoms with Crippen LogP contribution >= 0.6 is 11.6 Å². The molecule has 0 aliphatic heterocycles. The average molecular weight is 265 g/mol. The van der Waals surface area contributed by atoms with Gasteiger partial charge in [0.15, 0.2) is 6.20 Å². The van der Waals surface area contributed by atoms with Crippen LogP contribution in [0.4, 0.5) is 5.69 Å². The number of halogens is 2. The molecule has 2 nitrogen and oxygen atoms in total. The molecule has 0 bridgehead atoms. The molecule has 0 saturated heterocycles. The summed E-state index contributed by atoms with van der Waals surface area (Å²) in [6.07, 6.45) is 2.01. The van der Waals surface area contributed by atoms with E-state index in [9.17, 15) is 0 Å². The maximum atomic E-state index is 6.02. The van der Waals surface area contributed by atoms with Crippen LogP contribution in [-0.4, -0.2) is 0 Å². The predicted octanol–water partition coefficient (Wildman–Crippen LogP) is -0.182.